The third kappa shape index (κ3) is 2.81. The van der Waals surface area contributed by atoms with Gasteiger partial charge in [-0.3, -0.25) is 0 Å². The molecule has 0 radical (unpaired) electrons. The second-order valence-electron chi connectivity index (χ2n) is 9.25. The lowest BCUT2D eigenvalue weighted by atomic mass is 9.60. The molecule has 6 atom stereocenters. The molecule has 0 aromatic rings. The third-order valence-corrected chi connectivity index (χ3v) is 7.27. The predicted octanol–water partition coefficient (Wildman–Crippen LogP) is 4.68. The summed E-state index contributed by atoms with van der Waals surface area (Å²) < 4.78 is 5.96. The van der Waals surface area contributed by atoms with Crippen LogP contribution in [0.5, 0.6) is 0 Å². The van der Waals surface area contributed by atoms with Crippen molar-refractivity contribution in [1.29, 1.82) is 0 Å². The van der Waals surface area contributed by atoms with Crippen LogP contribution in [0, 0.1) is 23.2 Å². The van der Waals surface area contributed by atoms with Crippen molar-refractivity contribution in [2.24, 2.45) is 23.2 Å². The molecular weight excluding hydrogens is 328 g/mol. The Kier molecular flexibility index (Phi) is 5.02. The van der Waals surface area contributed by atoms with Gasteiger partial charge in [0.05, 0.1) is 6.10 Å². The summed E-state index contributed by atoms with van der Waals surface area (Å²) in [4.78, 5) is 12.8. The van der Waals surface area contributed by atoms with Crippen molar-refractivity contribution in [1.82, 2.24) is 0 Å². The van der Waals surface area contributed by atoms with Crippen LogP contribution in [0.4, 0.5) is 0 Å². The van der Waals surface area contributed by atoms with E-state index in [-0.39, 0.29) is 23.2 Å². The highest BCUT2D eigenvalue weighted by molar-refractivity contribution is 5.94. The minimum Gasteiger partial charge on any atom is -0.507 e. The highest BCUT2D eigenvalue weighted by Gasteiger charge is 2.62. The molecule has 0 saturated heterocycles. The van der Waals surface area contributed by atoms with Gasteiger partial charge in [-0.2, -0.15) is 0 Å². The van der Waals surface area contributed by atoms with Crippen molar-refractivity contribution in [3.8, 4) is 0 Å². The first kappa shape index (κ1) is 19.5. The van der Waals surface area contributed by atoms with Gasteiger partial charge in [0.1, 0.15) is 5.57 Å². The second kappa shape index (κ2) is 6.70. The van der Waals surface area contributed by atoms with Crippen LogP contribution in [0.2, 0.25) is 0 Å². The molecule has 26 heavy (non-hydrogen) atoms. The number of carbonyl (C=O) groups excluding carboxylic acids is 1. The maximum atomic E-state index is 12.8. The molecule has 4 heteroatoms. The first-order valence-corrected chi connectivity index (χ1v) is 10.2. The number of aliphatic hydroxyl groups is 2. The van der Waals surface area contributed by atoms with Gasteiger partial charge < -0.3 is 14.9 Å². The average Bonchev–Trinajstić information content (AvgIpc) is 2.81. The van der Waals surface area contributed by atoms with E-state index in [9.17, 15) is 15.0 Å². The molecule has 0 saturated carbocycles. The van der Waals surface area contributed by atoms with E-state index >= 15 is 0 Å². The Morgan fingerprint density at radius 2 is 2.04 bits per heavy atom. The van der Waals surface area contributed by atoms with E-state index in [1.54, 1.807) is 0 Å². The summed E-state index contributed by atoms with van der Waals surface area (Å²) in [5.41, 5.74) is -0.0686. The van der Waals surface area contributed by atoms with E-state index < -0.39 is 23.1 Å². The quantitative estimate of drug-likeness (QED) is 0.525. The zero-order chi connectivity index (χ0) is 19.3. The number of allylic oxidation sites excluding steroid dienone is 1. The van der Waals surface area contributed by atoms with Crippen LogP contribution in [-0.2, 0) is 9.53 Å². The third-order valence-electron chi connectivity index (χ3n) is 7.27. The minimum atomic E-state index is -1.03. The summed E-state index contributed by atoms with van der Waals surface area (Å²) in [6, 6.07) is 0. The zero-order valence-corrected chi connectivity index (χ0v) is 16.8. The Hall–Kier alpha value is -1.29. The summed E-state index contributed by atoms with van der Waals surface area (Å²) in [7, 11) is 0. The molecule has 0 aromatic heterocycles. The molecule has 2 bridgehead atoms. The maximum absolute atomic E-state index is 12.8. The number of carbonyl (C=O) groups is 1. The van der Waals surface area contributed by atoms with Crippen molar-refractivity contribution in [2.45, 2.75) is 84.8 Å². The molecule has 0 unspecified atom stereocenters. The Balaban J connectivity index is 2.17. The molecular formula is C22H34O4. The van der Waals surface area contributed by atoms with Gasteiger partial charge in [0.25, 0.3) is 0 Å². The van der Waals surface area contributed by atoms with Gasteiger partial charge in [-0.05, 0) is 43.9 Å². The number of hydrogen-bond acceptors (Lipinski definition) is 4. The number of rotatable bonds is 1. The Labute approximate surface area is 157 Å². The molecule has 1 heterocycles. The van der Waals surface area contributed by atoms with Gasteiger partial charge in [0.15, 0.2) is 11.4 Å². The maximum Gasteiger partial charge on any atom is 0.341 e. The second-order valence-corrected chi connectivity index (χ2v) is 9.25. The van der Waals surface area contributed by atoms with Crippen LogP contribution < -0.4 is 0 Å². The summed E-state index contributed by atoms with van der Waals surface area (Å²) in [6.45, 7) is 10.5. The molecule has 2 aliphatic carbocycles. The summed E-state index contributed by atoms with van der Waals surface area (Å²) in [5.74, 6) is 0.116. The SMILES string of the molecule is CC[C@@H]1C[C@]23OC(=O)C(=C2O)[C@@H](O)[C@@H](C)C[C@H](C)CCC[C@]3(C)C=C1C. The number of esters is 1. The van der Waals surface area contributed by atoms with Crippen LogP contribution in [0.3, 0.4) is 0 Å². The van der Waals surface area contributed by atoms with E-state index in [0.29, 0.717) is 12.3 Å². The fourth-order valence-corrected chi connectivity index (χ4v) is 5.56. The number of aliphatic hydroxyl groups excluding tert-OH is 2. The van der Waals surface area contributed by atoms with Gasteiger partial charge >= 0.3 is 5.97 Å². The van der Waals surface area contributed by atoms with Gasteiger partial charge in [-0.15, -0.1) is 0 Å². The topological polar surface area (TPSA) is 66.8 Å². The monoisotopic (exact) mass is 362 g/mol. The Morgan fingerprint density at radius 1 is 1.35 bits per heavy atom. The summed E-state index contributed by atoms with van der Waals surface area (Å²) in [6.07, 6.45) is 6.59. The smallest absolute Gasteiger partial charge is 0.341 e. The average molecular weight is 363 g/mol. The van der Waals surface area contributed by atoms with Crippen LogP contribution >= 0.6 is 0 Å². The van der Waals surface area contributed by atoms with Crippen molar-refractivity contribution in [3.05, 3.63) is 23.0 Å². The number of hydrogen-bond donors (Lipinski definition) is 2. The fraction of sp³-hybridized carbons (Fsp3) is 0.773. The van der Waals surface area contributed by atoms with E-state index in [4.69, 9.17) is 4.74 Å². The molecule has 1 spiro atoms. The molecule has 3 rings (SSSR count). The van der Waals surface area contributed by atoms with Crippen molar-refractivity contribution in [3.63, 3.8) is 0 Å². The van der Waals surface area contributed by atoms with Crippen LogP contribution in [0.1, 0.15) is 73.1 Å². The van der Waals surface area contributed by atoms with E-state index in [1.165, 1.54) is 5.57 Å². The fourth-order valence-electron chi connectivity index (χ4n) is 5.56. The molecule has 146 valence electrons. The van der Waals surface area contributed by atoms with Crippen LogP contribution in [0.15, 0.2) is 23.0 Å². The lowest BCUT2D eigenvalue weighted by Crippen LogP contribution is -2.51. The molecule has 3 aliphatic rings. The largest absolute Gasteiger partial charge is 0.507 e. The van der Waals surface area contributed by atoms with Gasteiger partial charge in [0.2, 0.25) is 0 Å². The molecule has 0 fully saturated rings. The van der Waals surface area contributed by atoms with Crippen molar-refractivity contribution < 1.29 is 19.7 Å². The highest BCUT2D eigenvalue weighted by Crippen LogP contribution is 2.57. The van der Waals surface area contributed by atoms with E-state index in [1.807, 2.05) is 6.92 Å². The highest BCUT2D eigenvalue weighted by atomic mass is 16.6. The van der Waals surface area contributed by atoms with Gasteiger partial charge in [0, 0.05) is 11.8 Å². The molecule has 4 nitrogen and oxygen atoms in total. The van der Waals surface area contributed by atoms with E-state index in [2.05, 4.69) is 33.8 Å². The summed E-state index contributed by atoms with van der Waals surface area (Å²) in [5, 5.41) is 22.1. The number of ether oxygens (including phenoxy) is 1. The van der Waals surface area contributed by atoms with Crippen molar-refractivity contribution >= 4 is 5.97 Å². The normalized spacial score (nSPS) is 44.1. The van der Waals surface area contributed by atoms with Crippen LogP contribution in [0.25, 0.3) is 0 Å². The van der Waals surface area contributed by atoms with Gasteiger partial charge in [-0.25, -0.2) is 4.79 Å². The first-order valence-electron chi connectivity index (χ1n) is 10.2. The Bertz CT molecular complexity index is 649. The Morgan fingerprint density at radius 3 is 2.69 bits per heavy atom. The predicted molar refractivity (Wildman–Crippen MR) is 102 cm³/mol. The zero-order valence-electron chi connectivity index (χ0n) is 16.8. The van der Waals surface area contributed by atoms with Crippen LogP contribution in [-0.4, -0.2) is 27.9 Å². The van der Waals surface area contributed by atoms with Crippen molar-refractivity contribution in [2.75, 3.05) is 0 Å². The van der Waals surface area contributed by atoms with E-state index in [0.717, 1.165) is 32.1 Å². The lowest BCUT2D eigenvalue weighted by molar-refractivity contribution is -0.163. The lowest BCUT2D eigenvalue weighted by Gasteiger charge is -2.49. The molecule has 2 N–H and O–H groups in total. The minimum absolute atomic E-state index is 0.0129. The summed E-state index contributed by atoms with van der Waals surface area (Å²) >= 11 is 0. The molecule has 0 aromatic carbocycles. The van der Waals surface area contributed by atoms with Gasteiger partial charge in [-0.1, -0.05) is 52.2 Å². The molecule has 0 amide bonds. The first-order chi connectivity index (χ1) is 12.1. The standard InChI is InChI=1S/C22H34O4/c1-6-16-12-22-19(24)17(20(25)26-22)18(23)14(3)10-13(2)8-7-9-21(22,5)11-15(16)4/h11,13-14,16,18,23-24H,6-10,12H2,1-5H3/t13-,14+,16-,18+,21-,22+/m1/s1. The molecule has 1 aliphatic heterocycles.